The molecule has 20 heavy (non-hydrogen) atoms. The molecule has 0 aliphatic heterocycles. The monoisotopic (exact) mass is 277 g/mol. The Morgan fingerprint density at radius 2 is 1.60 bits per heavy atom. The summed E-state index contributed by atoms with van der Waals surface area (Å²) in [5.74, 6) is 3.89. The van der Waals surface area contributed by atoms with Crippen LogP contribution in [0, 0.1) is 29.1 Å². The van der Waals surface area contributed by atoms with Crippen LogP contribution < -0.4 is 5.32 Å². The van der Waals surface area contributed by atoms with Gasteiger partial charge in [-0.3, -0.25) is 0 Å². The Hall–Kier alpha value is -0.0800. The summed E-state index contributed by atoms with van der Waals surface area (Å²) in [5, 5.41) is 13.6. The van der Waals surface area contributed by atoms with Crippen LogP contribution >= 0.6 is 0 Å². The van der Waals surface area contributed by atoms with Crippen LogP contribution in [0.5, 0.6) is 0 Å². The zero-order chi connectivity index (χ0) is 13.7. The van der Waals surface area contributed by atoms with Crippen molar-refractivity contribution in [3.63, 3.8) is 0 Å². The molecule has 2 nitrogen and oxygen atoms in total. The van der Waals surface area contributed by atoms with Crippen molar-refractivity contribution >= 4 is 0 Å². The number of nitrogens with one attached hydrogen (secondary N) is 1. The molecule has 5 rings (SSSR count). The maximum Gasteiger partial charge on any atom is 0.0543 e. The number of hydrogen-bond acceptors (Lipinski definition) is 2. The van der Waals surface area contributed by atoms with E-state index in [1.807, 2.05) is 0 Å². The first-order valence-corrected chi connectivity index (χ1v) is 9.04. The third kappa shape index (κ3) is 2.33. The molecule has 0 heterocycles. The second kappa shape index (κ2) is 4.98. The molecule has 3 unspecified atom stereocenters. The molecule has 2 N–H and O–H groups in total. The third-order valence-electron chi connectivity index (χ3n) is 7.23. The van der Waals surface area contributed by atoms with Crippen molar-refractivity contribution in [2.45, 2.75) is 76.9 Å². The largest absolute Gasteiger partial charge is 0.393 e. The van der Waals surface area contributed by atoms with Gasteiger partial charge in [-0.1, -0.05) is 0 Å². The van der Waals surface area contributed by atoms with Gasteiger partial charge in [0.15, 0.2) is 0 Å². The van der Waals surface area contributed by atoms with Gasteiger partial charge in [-0.15, -0.1) is 0 Å². The van der Waals surface area contributed by atoms with Crippen molar-refractivity contribution in [1.29, 1.82) is 0 Å². The van der Waals surface area contributed by atoms with E-state index in [2.05, 4.69) is 12.2 Å². The van der Waals surface area contributed by atoms with E-state index in [-0.39, 0.29) is 6.10 Å². The molecule has 2 heteroatoms. The van der Waals surface area contributed by atoms with Crippen LogP contribution in [0.1, 0.15) is 64.7 Å². The van der Waals surface area contributed by atoms with E-state index in [0.29, 0.717) is 11.5 Å². The van der Waals surface area contributed by atoms with Gasteiger partial charge in [0, 0.05) is 6.04 Å². The predicted octanol–water partition coefficient (Wildman–Crippen LogP) is 3.34. The molecule has 0 aromatic rings. The van der Waals surface area contributed by atoms with Crippen molar-refractivity contribution in [2.75, 3.05) is 6.54 Å². The number of hydrogen-bond donors (Lipinski definition) is 2. The fourth-order valence-corrected chi connectivity index (χ4v) is 6.50. The van der Waals surface area contributed by atoms with Gasteiger partial charge in [0.1, 0.15) is 0 Å². The summed E-state index contributed by atoms with van der Waals surface area (Å²) in [6.45, 7) is 3.60. The molecule has 5 aliphatic carbocycles. The smallest absolute Gasteiger partial charge is 0.0543 e. The van der Waals surface area contributed by atoms with E-state index in [4.69, 9.17) is 0 Å². The van der Waals surface area contributed by atoms with Crippen LogP contribution in [-0.4, -0.2) is 23.8 Å². The summed E-state index contributed by atoms with van der Waals surface area (Å²) in [7, 11) is 0. The molecule has 5 saturated carbocycles. The van der Waals surface area contributed by atoms with Gasteiger partial charge in [-0.2, -0.15) is 0 Å². The Kier molecular flexibility index (Phi) is 3.38. The summed E-state index contributed by atoms with van der Waals surface area (Å²) in [6.07, 6.45) is 12.4. The molecule has 0 amide bonds. The highest BCUT2D eigenvalue weighted by molar-refractivity contribution is 5.05. The van der Waals surface area contributed by atoms with E-state index in [9.17, 15) is 5.11 Å². The number of aliphatic hydroxyl groups excluding tert-OH is 1. The normalized spacial score (nSPS) is 51.6. The standard InChI is InChI=1S/C18H31NO/c1-12(19-11-13-2-3-17(20)7-13)18-8-14-4-15(9-18)6-16(5-14)10-18/h12-17,19-20H,2-11H2,1H3. The van der Waals surface area contributed by atoms with Crippen molar-refractivity contribution in [3.05, 3.63) is 0 Å². The minimum absolute atomic E-state index is 0.0170. The Morgan fingerprint density at radius 3 is 2.10 bits per heavy atom. The van der Waals surface area contributed by atoms with Gasteiger partial charge in [0.05, 0.1) is 6.10 Å². The molecule has 0 spiro atoms. The lowest BCUT2D eigenvalue weighted by molar-refractivity contribution is -0.0708. The maximum absolute atomic E-state index is 9.67. The fourth-order valence-electron chi connectivity index (χ4n) is 6.50. The molecule has 114 valence electrons. The van der Waals surface area contributed by atoms with Crippen molar-refractivity contribution in [3.8, 4) is 0 Å². The topological polar surface area (TPSA) is 32.3 Å². The van der Waals surface area contributed by atoms with Gasteiger partial charge in [0.25, 0.3) is 0 Å². The Labute approximate surface area is 123 Å². The number of aliphatic hydroxyl groups is 1. The lowest BCUT2D eigenvalue weighted by Crippen LogP contribution is -2.55. The molecule has 0 saturated heterocycles. The molecule has 5 fully saturated rings. The highest BCUT2D eigenvalue weighted by Gasteiger charge is 2.52. The first-order valence-electron chi connectivity index (χ1n) is 9.04. The Balaban J connectivity index is 1.37. The first kappa shape index (κ1) is 13.6. The average molecular weight is 277 g/mol. The van der Waals surface area contributed by atoms with Crippen LogP contribution in [0.4, 0.5) is 0 Å². The second-order valence-electron chi connectivity index (χ2n) is 8.74. The molecular weight excluding hydrogens is 246 g/mol. The SMILES string of the molecule is CC(NCC1CCC(O)C1)C12CC3CC(CC(C3)C1)C2. The predicted molar refractivity (Wildman–Crippen MR) is 81.4 cm³/mol. The summed E-state index contributed by atoms with van der Waals surface area (Å²) in [5.41, 5.74) is 0.631. The highest BCUT2D eigenvalue weighted by atomic mass is 16.3. The summed E-state index contributed by atoms with van der Waals surface area (Å²) in [6, 6.07) is 0.689. The zero-order valence-corrected chi connectivity index (χ0v) is 13.0. The van der Waals surface area contributed by atoms with Gasteiger partial charge in [0.2, 0.25) is 0 Å². The summed E-state index contributed by atoms with van der Waals surface area (Å²) >= 11 is 0. The first-order chi connectivity index (χ1) is 9.63. The minimum Gasteiger partial charge on any atom is -0.393 e. The third-order valence-corrected chi connectivity index (χ3v) is 7.23. The van der Waals surface area contributed by atoms with Gasteiger partial charge < -0.3 is 10.4 Å². The lowest BCUT2D eigenvalue weighted by atomic mass is 9.48. The van der Waals surface area contributed by atoms with Crippen LogP contribution in [-0.2, 0) is 0 Å². The molecule has 0 aromatic carbocycles. The molecule has 3 atom stereocenters. The van der Waals surface area contributed by atoms with E-state index < -0.39 is 0 Å². The van der Waals surface area contributed by atoms with Gasteiger partial charge >= 0.3 is 0 Å². The lowest BCUT2D eigenvalue weighted by Gasteiger charge is -2.59. The van der Waals surface area contributed by atoms with Crippen LogP contribution in [0.25, 0.3) is 0 Å². The highest BCUT2D eigenvalue weighted by Crippen LogP contribution is 2.61. The van der Waals surface area contributed by atoms with Gasteiger partial charge in [-0.25, -0.2) is 0 Å². The summed E-state index contributed by atoms with van der Waals surface area (Å²) < 4.78 is 0. The number of rotatable bonds is 4. The van der Waals surface area contributed by atoms with E-state index in [1.165, 1.54) is 25.7 Å². The van der Waals surface area contributed by atoms with Crippen LogP contribution in [0.3, 0.4) is 0 Å². The Morgan fingerprint density at radius 1 is 1.00 bits per heavy atom. The van der Waals surface area contributed by atoms with Crippen molar-refractivity contribution < 1.29 is 5.11 Å². The van der Waals surface area contributed by atoms with E-state index >= 15 is 0 Å². The van der Waals surface area contributed by atoms with Crippen LogP contribution in [0.15, 0.2) is 0 Å². The van der Waals surface area contributed by atoms with E-state index in [0.717, 1.165) is 43.1 Å². The molecule has 0 aromatic heterocycles. The quantitative estimate of drug-likeness (QED) is 0.826. The van der Waals surface area contributed by atoms with Crippen molar-refractivity contribution in [2.24, 2.45) is 29.1 Å². The van der Waals surface area contributed by atoms with Crippen LogP contribution in [0.2, 0.25) is 0 Å². The minimum atomic E-state index is -0.0170. The zero-order valence-electron chi connectivity index (χ0n) is 13.0. The van der Waals surface area contributed by atoms with Crippen molar-refractivity contribution in [1.82, 2.24) is 5.32 Å². The fraction of sp³-hybridized carbons (Fsp3) is 1.00. The Bertz CT molecular complexity index is 331. The molecule has 5 aliphatic rings. The molecule has 4 bridgehead atoms. The maximum atomic E-state index is 9.67. The summed E-state index contributed by atoms with van der Waals surface area (Å²) in [4.78, 5) is 0. The molecule has 0 radical (unpaired) electrons. The van der Waals surface area contributed by atoms with E-state index in [1.54, 1.807) is 19.3 Å². The van der Waals surface area contributed by atoms with Gasteiger partial charge in [-0.05, 0) is 100 Å². The average Bonchev–Trinajstić information content (AvgIpc) is 2.80. The second-order valence-corrected chi connectivity index (χ2v) is 8.74. The molecular formula is C18H31NO.